The Morgan fingerprint density at radius 3 is 2.79 bits per heavy atom. The number of carbonyl (C=O) groups is 2. The number of amides is 1. The summed E-state index contributed by atoms with van der Waals surface area (Å²) < 4.78 is 5.03. The van der Waals surface area contributed by atoms with Crippen LogP contribution in [-0.4, -0.2) is 29.4 Å². The van der Waals surface area contributed by atoms with Gasteiger partial charge in [0.15, 0.2) is 5.17 Å². The maximum absolute atomic E-state index is 11.1. The molecule has 0 radical (unpaired) electrons. The van der Waals surface area contributed by atoms with Crippen LogP contribution < -0.4 is 5.32 Å². The fourth-order valence-electron chi connectivity index (χ4n) is 1.62. The van der Waals surface area contributed by atoms with Crippen molar-refractivity contribution < 1.29 is 14.3 Å². The molecular formula is C13H14N2O3S. The highest BCUT2D eigenvalue weighted by atomic mass is 32.2. The van der Waals surface area contributed by atoms with Crippen molar-refractivity contribution in [2.24, 2.45) is 4.99 Å². The van der Waals surface area contributed by atoms with Gasteiger partial charge >= 0.3 is 5.97 Å². The van der Waals surface area contributed by atoms with Crippen molar-refractivity contribution in [3.05, 3.63) is 35.9 Å². The molecule has 1 aromatic rings. The first-order chi connectivity index (χ1) is 9.15. The van der Waals surface area contributed by atoms with Crippen LogP contribution in [0.5, 0.6) is 0 Å². The lowest BCUT2D eigenvalue weighted by Crippen LogP contribution is -2.21. The largest absolute Gasteiger partial charge is 0.463 e. The SMILES string of the molecule is CC(=O)OCC(N=C1NC(=O)CS1)c1ccccc1. The molecule has 1 amide bonds. The average molecular weight is 278 g/mol. The van der Waals surface area contributed by atoms with Crippen LogP contribution in [0.4, 0.5) is 0 Å². The lowest BCUT2D eigenvalue weighted by Gasteiger charge is -2.13. The molecule has 19 heavy (non-hydrogen) atoms. The van der Waals surface area contributed by atoms with Crippen LogP contribution in [0.3, 0.4) is 0 Å². The Hall–Kier alpha value is -1.82. The number of hydrogen-bond donors (Lipinski definition) is 1. The Labute approximate surface area is 115 Å². The van der Waals surface area contributed by atoms with E-state index in [-0.39, 0.29) is 24.5 Å². The average Bonchev–Trinajstić information content (AvgIpc) is 2.81. The molecule has 1 fully saturated rings. The third-order valence-corrected chi connectivity index (χ3v) is 3.38. The molecule has 0 spiro atoms. The molecule has 1 aromatic carbocycles. The van der Waals surface area contributed by atoms with Crippen LogP contribution in [0.1, 0.15) is 18.5 Å². The van der Waals surface area contributed by atoms with Gasteiger partial charge in [-0.25, -0.2) is 0 Å². The number of nitrogens with zero attached hydrogens (tertiary/aromatic N) is 1. The van der Waals surface area contributed by atoms with Gasteiger partial charge in [0, 0.05) is 6.92 Å². The van der Waals surface area contributed by atoms with Crippen LogP contribution in [0.2, 0.25) is 0 Å². The van der Waals surface area contributed by atoms with Gasteiger partial charge in [0.1, 0.15) is 12.6 Å². The molecule has 0 aromatic heterocycles. The predicted octanol–water partition coefficient (Wildman–Crippen LogP) is 1.51. The van der Waals surface area contributed by atoms with Gasteiger partial charge in [-0.1, -0.05) is 42.1 Å². The van der Waals surface area contributed by atoms with E-state index in [4.69, 9.17) is 4.74 Å². The number of thioether (sulfide) groups is 1. The Kier molecular flexibility index (Phi) is 4.57. The third kappa shape index (κ3) is 4.10. The molecule has 5 nitrogen and oxygen atoms in total. The molecule has 1 unspecified atom stereocenters. The summed E-state index contributed by atoms with van der Waals surface area (Å²) in [5.74, 6) is -0.0132. The van der Waals surface area contributed by atoms with E-state index in [1.54, 1.807) is 0 Å². The molecular weight excluding hydrogens is 264 g/mol. The third-order valence-electron chi connectivity index (χ3n) is 2.49. The smallest absolute Gasteiger partial charge is 0.302 e. The number of benzene rings is 1. The highest BCUT2D eigenvalue weighted by Crippen LogP contribution is 2.21. The molecule has 2 rings (SSSR count). The minimum atomic E-state index is -0.343. The monoisotopic (exact) mass is 278 g/mol. The van der Waals surface area contributed by atoms with E-state index >= 15 is 0 Å². The Balaban J connectivity index is 2.14. The molecule has 1 aliphatic rings. The normalized spacial score (nSPS) is 18.2. The van der Waals surface area contributed by atoms with E-state index in [2.05, 4.69) is 10.3 Å². The number of ether oxygens (including phenoxy) is 1. The number of amidine groups is 1. The standard InChI is InChI=1S/C13H14N2O3S/c1-9(16)18-7-11(10-5-3-2-4-6-10)14-13-15-12(17)8-19-13/h2-6,11H,7-8H2,1H3,(H,14,15,17). The zero-order valence-electron chi connectivity index (χ0n) is 10.5. The summed E-state index contributed by atoms with van der Waals surface area (Å²) in [4.78, 5) is 26.5. The van der Waals surface area contributed by atoms with Crippen molar-refractivity contribution in [1.29, 1.82) is 0 Å². The summed E-state index contributed by atoms with van der Waals surface area (Å²) in [6, 6.07) is 9.24. The number of esters is 1. The van der Waals surface area contributed by atoms with Gasteiger partial charge in [-0.15, -0.1) is 0 Å². The molecule has 0 saturated carbocycles. The quantitative estimate of drug-likeness (QED) is 0.848. The van der Waals surface area contributed by atoms with Crippen LogP contribution in [0.25, 0.3) is 0 Å². The summed E-state index contributed by atoms with van der Waals surface area (Å²) in [6.45, 7) is 1.53. The second kappa shape index (κ2) is 6.38. The fourth-order valence-corrected chi connectivity index (χ4v) is 2.34. The minimum Gasteiger partial charge on any atom is -0.463 e. The number of rotatable bonds is 4. The molecule has 1 aliphatic heterocycles. The molecule has 1 atom stereocenters. The first kappa shape index (κ1) is 13.6. The molecule has 6 heteroatoms. The predicted molar refractivity (Wildman–Crippen MR) is 73.9 cm³/mol. The van der Waals surface area contributed by atoms with Gasteiger partial charge in [-0.3, -0.25) is 14.6 Å². The van der Waals surface area contributed by atoms with Gasteiger partial charge in [0.05, 0.1) is 5.75 Å². The lowest BCUT2D eigenvalue weighted by atomic mass is 10.1. The van der Waals surface area contributed by atoms with E-state index < -0.39 is 0 Å². The molecule has 0 aliphatic carbocycles. The van der Waals surface area contributed by atoms with E-state index in [1.165, 1.54) is 18.7 Å². The van der Waals surface area contributed by atoms with Gasteiger partial charge in [0.25, 0.3) is 0 Å². The van der Waals surface area contributed by atoms with Gasteiger partial charge in [-0.2, -0.15) is 0 Å². The van der Waals surface area contributed by atoms with Crippen molar-refractivity contribution in [2.75, 3.05) is 12.4 Å². The Morgan fingerprint density at radius 2 is 2.21 bits per heavy atom. The van der Waals surface area contributed by atoms with E-state index in [0.29, 0.717) is 10.9 Å². The summed E-state index contributed by atoms with van der Waals surface area (Å²) >= 11 is 1.36. The first-order valence-electron chi connectivity index (χ1n) is 5.84. The van der Waals surface area contributed by atoms with Crippen molar-refractivity contribution >= 4 is 28.8 Å². The number of nitrogens with one attached hydrogen (secondary N) is 1. The molecule has 1 saturated heterocycles. The van der Waals surface area contributed by atoms with Gasteiger partial charge in [-0.05, 0) is 5.56 Å². The highest BCUT2D eigenvalue weighted by molar-refractivity contribution is 8.15. The maximum atomic E-state index is 11.1. The summed E-state index contributed by atoms with van der Waals surface area (Å²) in [6.07, 6.45) is 0. The lowest BCUT2D eigenvalue weighted by molar-refractivity contribution is -0.141. The van der Waals surface area contributed by atoms with E-state index in [1.807, 2.05) is 30.3 Å². The van der Waals surface area contributed by atoms with Crippen LogP contribution >= 0.6 is 11.8 Å². The van der Waals surface area contributed by atoms with E-state index in [0.717, 1.165) is 5.56 Å². The fraction of sp³-hybridized carbons (Fsp3) is 0.308. The minimum absolute atomic E-state index is 0.0527. The second-order valence-corrected chi connectivity index (χ2v) is 4.96. The summed E-state index contributed by atoms with van der Waals surface area (Å²) in [7, 11) is 0. The summed E-state index contributed by atoms with van der Waals surface area (Å²) in [5.41, 5.74) is 0.943. The Morgan fingerprint density at radius 1 is 1.47 bits per heavy atom. The van der Waals surface area contributed by atoms with Crippen LogP contribution in [-0.2, 0) is 14.3 Å². The van der Waals surface area contributed by atoms with Crippen molar-refractivity contribution in [3.8, 4) is 0 Å². The second-order valence-electron chi connectivity index (χ2n) is 4.00. The number of aliphatic imine (C=N–C) groups is 1. The summed E-state index contributed by atoms with van der Waals surface area (Å²) in [5, 5.41) is 3.25. The molecule has 1 heterocycles. The van der Waals surface area contributed by atoms with Crippen molar-refractivity contribution in [3.63, 3.8) is 0 Å². The molecule has 0 bridgehead atoms. The van der Waals surface area contributed by atoms with Crippen LogP contribution in [0, 0.1) is 0 Å². The van der Waals surface area contributed by atoms with Gasteiger partial charge < -0.3 is 10.1 Å². The topological polar surface area (TPSA) is 67.8 Å². The zero-order chi connectivity index (χ0) is 13.7. The first-order valence-corrected chi connectivity index (χ1v) is 6.82. The number of carbonyl (C=O) groups excluding carboxylic acids is 2. The van der Waals surface area contributed by atoms with E-state index in [9.17, 15) is 9.59 Å². The maximum Gasteiger partial charge on any atom is 0.302 e. The van der Waals surface area contributed by atoms with Crippen molar-refractivity contribution in [1.82, 2.24) is 5.32 Å². The number of hydrogen-bond acceptors (Lipinski definition) is 5. The van der Waals surface area contributed by atoms with Crippen molar-refractivity contribution in [2.45, 2.75) is 13.0 Å². The molecule has 1 N–H and O–H groups in total. The zero-order valence-corrected chi connectivity index (χ0v) is 11.3. The van der Waals surface area contributed by atoms with Gasteiger partial charge in [0.2, 0.25) is 5.91 Å². The molecule has 100 valence electrons. The van der Waals surface area contributed by atoms with Crippen LogP contribution in [0.15, 0.2) is 35.3 Å². The highest BCUT2D eigenvalue weighted by Gasteiger charge is 2.20. The Bertz CT molecular complexity index is 502.